The Kier molecular flexibility index (Phi) is 6.74. The molecule has 1 aromatic heterocycles. The minimum absolute atomic E-state index is 0.0272. The number of halogens is 1. The lowest BCUT2D eigenvalue weighted by Gasteiger charge is -2.08. The van der Waals surface area contributed by atoms with Gasteiger partial charge in [0, 0.05) is 34.2 Å². The third-order valence-corrected chi connectivity index (χ3v) is 4.76. The molecular weight excluding hydrogens is 394 g/mol. The monoisotopic (exact) mass is 411 g/mol. The summed E-state index contributed by atoms with van der Waals surface area (Å²) >= 11 is 4.40. The molecule has 0 atom stereocenters. The van der Waals surface area contributed by atoms with Gasteiger partial charge in [0.1, 0.15) is 6.54 Å². The second-order valence-corrected chi connectivity index (χ2v) is 6.93. The standard InChI is InChI=1S/C16H18BrN3O3S/c1-11-10-24-16(23)20(11)9-14(21)18-7-2-8-19-15(22)12-3-5-13(17)6-4-12/h3-6,10H,2,7-9H2,1H3,(H,18,21)(H,19,22). The van der Waals surface area contributed by atoms with Gasteiger partial charge in [-0.1, -0.05) is 27.3 Å². The summed E-state index contributed by atoms with van der Waals surface area (Å²) in [6, 6.07) is 7.09. The Morgan fingerprint density at radius 2 is 1.83 bits per heavy atom. The molecule has 2 N–H and O–H groups in total. The number of aromatic nitrogens is 1. The summed E-state index contributed by atoms with van der Waals surface area (Å²) in [6.45, 7) is 2.73. The van der Waals surface area contributed by atoms with E-state index in [0.29, 0.717) is 25.1 Å². The molecule has 0 aliphatic rings. The molecule has 128 valence electrons. The summed E-state index contributed by atoms with van der Waals surface area (Å²) in [5.74, 6) is -0.355. The first-order valence-electron chi connectivity index (χ1n) is 7.43. The average molecular weight is 412 g/mol. The first kappa shape index (κ1) is 18.4. The summed E-state index contributed by atoms with van der Waals surface area (Å²) in [4.78, 5) is 35.1. The van der Waals surface area contributed by atoms with E-state index in [4.69, 9.17) is 0 Å². The molecule has 6 nitrogen and oxygen atoms in total. The highest BCUT2D eigenvalue weighted by Crippen LogP contribution is 2.10. The Hall–Kier alpha value is -1.93. The van der Waals surface area contributed by atoms with Crippen LogP contribution in [0.5, 0.6) is 0 Å². The van der Waals surface area contributed by atoms with Crippen LogP contribution in [-0.4, -0.2) is 29.5 Å². The van der Waals surface area contributed by atoms with Crippen molar-refractivity contribution >= 4 is 39.1 Å². The largest absolute Gasteiger partial charge is 0.354 e. The van der Waals surface area contributed by atoms with Crippen LogP contribution in [0.2, 0.25) is 0 Å². The lowest BCUT2D eigenvalue weighted by Crippen LogP contribution is -2.33. The van der Waals surface area contributed by atoms with Crippen LogP contribution >= 0.6 is 27.3 Å². The van der Waals surface area contributed by atoms with Crippen LogP contribution in [0.4, 0.5) is 0 Å². The second-order valence-electron chi connectivity index (χ2n) is 5.20. The molecule has 0 aliphatic carbocycles. The van der Waals surface area contributed by atoms with Crippen molar-refractivity contribution in [1.29, 1.82) is 0 Å². The highest BCUT2D eigenvalue weighted by atomic mass is 79.9. The maximum absolute atomic E-state index is 11.9. The summed E-state index contributed by atoms with van der Waals surface area (Å²) in [5, 5.41) is 7.27. The number of amides is 2. The van der Waals surface area contributed by atoms with Gasteiger partial charge in [-0.2, -0.15) is 0 Å². The maximum Gasteiger partial charge on any atom is 0.307 e. The summed E-state index contributed by atoms with van der Waals surface area (Å²) in [5.41, 5.74) is 1.37. The lowest BCUT2D eigenvalue weighted by molar-refractivity contribution is -0.121. The van der Waals surface area contributed by atoms with Crippen LogP contribution in [0.3, 0.4) is 0 Å². The Morgan fingerprint density at radius 1 is 1.17 bits per heavy atom. The Labute approximate surface area is 152 Å². The highest BCUT2D eigenvalue weighted by molar-refractivity contribution is 9.10. The van der Waals surface area contributed by atoms with Crippen LogP contribution in [0.1, 0.15) is 22.5 Å². The number of hydrogen-bond donors (Lipinski definition) is 2. The van der Waals surface area contributed by atoms with Gasteiger partial charge in [-0.05, 0) is 37.6 Å². The molecular formula is C16H18BrN3O3S. The number of carbonyl (C=O) groups excluding carboxylic acids is 2. The predicted molar refractivity (Wildman–Crippen MR) is 97.4 cm³/mol. The number of nitrogens with one attached hydrogen (secondary N) is 2. The van der Waals surface area contributed by atoms with Gasteiger partial charge in [-0.3, -0.25) is 19.0 Å². The van der Waals surface area contributed by atoms with Crippen LogP contribution < -0.4 is 15.5 Å². The van der Waals surface area contributed by atoms with Crippen LogP contribution in [-0.2, 0) is 11.3 Å². The minimum atomic E-state index is -0.210. The third kappa shape index (κ3) is 5.31. The molecule has 0 saturated carbocycles. The van der Waals surface area contributed by atoms with E-state index in [1.807, 2.05) is 12.1 Å². The second kappa shape index (κ2) is 8.79. The molecule has 8 heteroatoms. The number of thiazole rings is 1. The van der Waals surface area contributed by atoms with Gasteiger partial charge in [-0.25, -0.2) is 0 Å². The molecule has 2 amide bonds. The zero-order valence-corrected chi connectivity index (χ0v) is 15.6. The van der Waals surface area contributed by atoms with Crippen molar-refractivity contribution in [1.82, 2.24) is 15.2 Å². The molecule has 0 spiro atoms. The van der Waals surface area contributed by atoms with Crippen molar-refractivity contribution in [2.24, 2.45) is 0 Å². The molecule has 2 rings (SSSR count). The van der Waals surface area contributed by atoms with Crippen LogP contribution in [0.25, 0.3) is 0 Å². The van der Waals surface area contributed by atoms with Crippen molar-refractivity contribution < 1.29 is 9.59 Å². The van der Waals surface area contributed by atoms with Gasteiger partial charge in [0.15, 0.2) is 0 Å². The molecule has 0 bridgehead atoms. The van der Waals surface area contributed by atoms with Crippen molar-refractivity contribution in [3.05, 3.63) is 55.0 Å². The molecule has 1 heterocycles. The predicted octanol–water partition coefficient (Wildman–Crippen LogP) is 1.92. The SMILES string of the molecule is Cc1csc(=O)n1CC(=O)NCCCNC(=O)c1ccc(Br)cc1. The van der Waals surface area contributed by atoms with Gasteiger partial charge >= 0.3 is 4.87 Å². The van der Waals surface area contributed by atoms with Crippen LogP contribution in [0.15, 0.2) is 38.9 Å². The van der Waals surface area contributed by atoms with Gasteiger partial charge in [-0.15, -0.1) is 0 Å². The number of aryl methyl sites for hydroxylation is 1. The van der Waals surface area contributed by atoms with Crippen LogP contribution in [0, 0.1) is 6.92 Å². The normalized spacial score (nSPS) is 10.4. The third-order valence-electron chi connectivity index (χ3n) is 3.35. The van der Waals surface area contributed by atoms with E-state index in [1.165, 1.54) is 4.57 Å². The average Bonchev–Trinajstić information content (AvgIpc) is 2.87. The van der Waals surface area contributed by atoms with Crippen molar-refractivity contribution in [2.75, 3.05) is 13.1 Å². The van der Waals surface area contributed by atoms with Crippen molar-refractivity contribution in [3.8, 4) is 0 Å². The van der Waals surface area contributed by atoms with Gasteiger partial charge in [0.05, 0.1) is 0 Å². The molecule has 2 aromatic rings. The molecule has 24 heavy (non-hydrogen) atoms. The number of nitrogens with zero attached hydrogens (tertiary/aromatic N) is 1. The lowest BCUT2D eigenvalue weighted by atomic mass is 10.2. The topological polar surface area (TPSA) is 80.2 Å². The Bertz CT molecular complexity index is 768. The number of carbonyl (C=O) groups is 2. The number of hydrogen-bond acceptors (Lipinski definition) is 4. The zero-order chi connectivity index (χ0) is 17.5. The molecule has 1 aromatic carbocycles. The van der Waals surface area contributed by atoms with Gasteiger partial charge in [0.25, 0.3) is 5.91 Å². The first-order valence-corrected chi connectivity index (χ1v) is 9.10. The summed E-state index contributed by atoms with van der Waals surface area (Å²) in [7, 11) is 0. The molecule has 0 fully saturated rings. The highest BCUT2D eigenvalue weighted by Gasteiger charge is 2.08. The fourth-order valence-electron chi connectivity index (χ4n) is 2.02. The number of rotatable bonds is 7. The van der Waals surface area contributed by atoms with E-state index in [9.17, 15) is 14.4 Å². The molecule has 0 saturated heterocycles. The van der Waals surface area contributed by atoms with E-state index < -0.39 is 0 Å². The Morgan fingerprint density at radius 3 is 2.46 bits per heavy atom. The van der Waals surface area contributed by atoms with E-state index in [0.717, 1.165) is 21.5 Å². The summed E-state index contributed by atoms with van der Waals surface area (Å²) in [6.07, 6.45) is 0.617. The number of benzene rings is 1. The zero-order valence-electron chi connectivity index (χ0n) is 13.2. The van der Waals surface area contributed by atoms with E-state index in [2.05, 4.69) is 26.6 Å². The fourth-order valence-corrected chi connectivity index (χ4v) is 3.02. The van der Waals surface area contributed by atoms with Crippen molar-refractivity contribution in [2.45, 2.75) is 19.9 Å². The van der Waals surface area contributed by atoms with Gasteiger partial charge < -0.3 is 10.6 Å². The van der Waals surface area contributed by atoms with Gasteiger partial charge in [0.2, 0.25) is 5.91 Å². The molecule has 0 unspecified atom stereocenters. The maximum atomic E-state index is 11.9. The van der Waals surface area contributed by atoms with E-state index in [-0.39, 0.29) is 23.2 Å². The molecule has 0 aliphatic heterocycles. The van der Waals surface area contributed by atoms with Crippen molar-refractivity contribution in [3.63, 3.8) is 0 Å². The smallest absolute Gasteiger partial charge is 0.307 e. The Balaban J connectivity index is 1.66. The quantitative estimate of drug-likeness (QED) is 0.682. The van der Waals surface area contributed by atoms with E-state index >= 15 is 0 Å². The minimum Gasteiger partial charge on any atom is -0.354 e. The molecule has 0 radical (unpaired) electrons. The first-order chi connectivity index (χ1) is 11.5. The summed E-state index contributed by atoms with van der Waals surface area (Å²) < 4.78 is 2.36. The van der Waals surface area contributed by atoms with E-state index in [1.54, 1.807) is 24.4 Å². The fraction of sp³-hybridized carbons (Fsp3) is 0.312.